The van der Waals surface area contributed by atoms with Crippen LogP contribution in [0.1, 0.15) is 30.5 Å². The Morgan fingerprint density at radius 1 is 1.26 bits per heavy atom. The summed E-state index contributed by atoms with van der Waals surface area (Å²) in [5.41, 5.74) is 0.806. The summed E-state index contributed by atoms with van der Waals surface area (Å²) in [6, 6.07) is 3.69. The predicted molar refractivity (Wildman–Crippen MR) is 99.5 cm³/mol. The van der Waals surface area contributed by atoms with Gasteiger partial charge in [0.25, 0.3) is 0 Å². The lowest BCUT2D eigenvalue weighted by Gasteiger charge is -2.31. The van der Waals surface area contributed by atoms with Gasteiger partial charge < -0.3 is 10.2 Å². The van der Waals surface area contributed by atoms with Gasteiger partial charge in [-0.15, -0.1) is 11.3 Å². The second-order valence-electron chi connectivity index (χ2n) is 6.64. The molecule has 2 amide bonds. The molecule has 0 radical (unpaired) electrons. The molecule has 144 valence electrons. The molecular formula is C19H21F2N3O2S. The lowest BCUT2D eigenvalue weighted by molar-refractivity contribution is -0.134. The predicted octanol–water partition coefficient (Wildman–Crippen LogP) is 3.54. The summed E-state index contributed by atoms with van der Waals surface area (Å²) in [5, 5.41) is 5.27. The van der Waals surface area contributed by atoms with Gasteiger partial charge in [0, 0.05) is 36.4 Å². The van der Waals surface area contributed by atoms with Crippen LogP contribution >= 0.6 is 11.3 Å². The largest absolute Gasteiger partial charge is 0.343 e. The molecule has 0 aliphatic carbocycles. The molecule has 3 rings (SSSR count). The summed E-state index contributed by atoms with van der Waals surface area (Å²) < 4.78 is 27.3. The third-order valence-electron chi connectivity index (χ3n) is 4.72. The van der Waals surface area contributed by atoms with E-state index >= 15 is 0 Å². The molecule has 5 nitrogen and oxygen atoms in total. The number of nitrogens with zero attached hydrogens (tertiary/aromatic N) is 2. The van der Waals surface area contributed by atoms with Crippen LogP contribution in [-0.4, -0.2) is 34.8 Å². The smallest absolute Gasteiger partial charge is 0.229 e. The number of hydrogen-bond acceptors (Lipinski definition) is 4. The van der Waals surface area contributed by atoms with E-state index in [1.165, 1.54) is 29.5 Å². The van der Waals surface area contributed by atoms with Gasteiger partial charge in [0.05, 0.1) is 5.69 Å². The number of benzene rings is 1. The number of thiazole rings is 1. The van der Waals surface area contributed by atoms with E-state index in [1.54, 1.807) is 4.90 Å². The van der Waals surface area contributed by atoms with Crippen molar-refractivity contribution in [2.24, 2.45) is 5.92 Å². The molecule has 1 aliphatic rings. The number of likely N-dealkylation sites (tertiary alicyclic amines) is 1. The number of aryl methyl sites for hydroxylation is 1. The topological polar surface area (TPSA) is 62.3 Å². The molecule has 2 aromatic rings. The number of carbonyl (C=O) groups is 2. The van der Waals surface area contributed by atoms with Gasteiger partial charge in [0.2, 0.25) is 11.8 Å². The normalized spacial score (nSPS) is 15.0. The van der Waals surface area contributed by atoms with Crippen LogP contribution in [-0.2, 0) is 16.0 Å². The monoisotopic (exact) mass is 393 g/mol. The highest BCUT2D eigenvalue weighted by atomic mass is 32.1. The van der Waals surface area contributed by atoms with Gasteiger partial charge >= 0.3 is 0 Å². The van der Waals surface area contributed by atoms with Crippen molar-refractivity contribution < 1.29 is 18.4 Å². The Kier molecular flexibility index (Phi) is 6.15. The summed E-state index contributed by atoms with van der Waals surface area (Å²) in [4.78, 5) is 30.5. The van der Waals surface area contributed by atoms with Crippen LogP contribution in [0.5, 0.6) is 0 Å². The van der Waals surface area contributed by atoms with Crippen LogP contribution in [0.2, 0.25) is 0 Å². The zero-order valence-corrected chi connectivity index (χ0v) is 15.8. The standard InChI is InChI=1S/C19H21F2N3O2S/c1-12-11-27-19(22-12)23-18(26)13-7-9-24(10-8-13)17(25)6-5-14-15(20)3-2-4-16(14)21/h2-4,11,13H,5-10H2,1H3,(H,22,23,26). The van der Waals surface area contributed by atoms with Crippen molar-refractivity contribution in [1.29, 1.82) is 0 Å². The minimum atomic E-state index is -0.629. The van der Waals surface area contributed by atoms with Crippen LogP contribution in [0.15, 0.2) is 23.6 Å². The number of amides is 2. The lowest BCUT2D eigenvalue weighted by Crippen LogP contribution is -2.41. The number of halogens is 2. The average Bonchev–Trinajstić information content (AvgIpc) is 3.06. The molecule has 1 saturated heterocycles. The Labute approximate surface area is 160 Å². The third-order valence-corrected chi connectivity index (χ3v) is 5.59. The molecule has 27 heavy (non-hydrogen) atoms. The van der Waals surface area contributed by atoms with Crippen molar-refractivity contribution in [2.75, 3.05) is 18.4 Å². The minimum Gasteiger partial charge on any atom is -0.343 e. The summed E-state index contributed by atoms with van der Waals surface area (Å²) in [6.07, 6.45) is 1.21. The summed E-state index contributed by atoms with van der Waals surface area (Å²) in [6.45, 7) is 2.80. The van der Waals surface area contributed by atoms with E-state index in [4.69, 9.17) is 0 Å². The number of rotatable bonds is 5. The van der Waals surface area contributed by atoms with Crippen molar-refractivity contribution in [3.8, 4) is 0 Å². The number of hydrogen-bond donors (Lipinski definition) is 1. The Balaban J connectivity index is 1.47. The number of piperidine rings is 1. The van der Waals surface area contributed by atoms with Gasteiger partial charge in [0.15, 0.2) is 5.13 Å². The maximum absolute atomic E-state index is 13.7. The molecule has 1 aliphatic heterocycles. The fraction of sp³-hybridized carbons (Fsp3) is 0.421. The summed E-state index contributed by atoms with van der Waals surface area (Å²) in [7, 11) is 0. The molecule has 0 saturated carbocycles. The summed E-state index contributed by atoms with van der Waals surface area (Å²) in [5.74, 6) is -1.65. The average molecular weight is 393 g/mol. The van der Waals surface area contributed by atoms with Crippen LogP contribution < -0.4 is 5.32 Å². The number of aromatic nitrogens is 1. The first-order valence-electron chi connectivity index (χ1n) is 8.87. The Morgan fingerprint density at radius 3 is 2.52 bits per heavy atom. The molecule has 1 aromatic heterocycles. The minimum absolute atomic E-state index is 0.0289. The highest BCUT2D eigenvalue weighted by molar-refractivity contribution is 7.13. The molecular weight excluding hydrogens is 372 g/mol. The molecule has 2 heterocycles. The van der Waals surface area contributed by atoms with Crippen molar-refractivity contribution in [3.63, 3.8) is 0 Å². The van der Waals surface area contributed by atoms with Crippen molar-refractivity contribution >= 4 is 28.3 Å². The number of nitrogens with one attached hydrogen (secondary N) is 1. The van der Waals surface area contributed by atoms with Gasteiger partial charge in [-0.2, -0.15) is 0 Å². The third kappa shape index (κ3) is 4.88. The number of anilines is 1. The molecule has 8 heteroatoms. The zero-order chi connectivity index (χ0) is 19.4. The second kappa shape index (κ2) is 8.56. The molecule has 0 spiro atoms. The molecule has 0 bridgehead atoms. The quantitative estimate of drug-likeness (QED) is 0.845. The van der Waals surface area contributed by atoms with Crippen LogP contribution in [0.3, 0.4) is 0 Å². The molecule has 0 atom stereocenters. The van der Waals surface area contributed by atoms with E-state index in [0.717, 1.165) is 5.69 Å². The molecule has 1 fully saturated rings. The lowest BCUT2D eigenvalue weighted by atomic mass is 9.95. The van der Waals surface area contributed by atoms with Crippen molar-refractivity contribution in [1.82, 2.24) is 9.88 Å². The molecule has 0 unspecified atom stereocenters. The van der Waals surface area contributed by atoms with Crippen LogP contribution in [0.25, 0.3) is 0 Å². The summed E-state index contributed by atoms with van der Waals surface area (Å²) >= 11 is 1.39. The first-order valence-corrected chi connectivity index (χ1v) is 9.75. The van der Waals surface area contributed by atoms with Gasteiger partial charge in [-0.3, -0.25) is 9.59 Å². The SMILES string of the molecule is Cc1csc(NC(=O)C2CCN(C(=O)CCc3c(F)cccc3F)CC2)n1. The van der Waals surface area contributed by atoms with Crippen molar-refractivity contribution in [2.45, 2.75) is 32.6 Å². The van der Waals surface area contributed by atoms with E-state index < -0.39 is 11.6 Å². The Hall–Kier alpha value is -2.35. The zero-order valence-electron chi connectivity index (χ0n) is 15.0. The second-order valence-corrected chi connectivity index (χ2v) is 7.50. The van der Waals surface area contributed by atoms with E-state index in [0.29, 0.717) is 31.1 Å². The number of carbonyl (C=O) groups excluding carboxylic acids is 2. The van der Waals surface area contributed by atoms with Gasteiger partial charge in [-0.25, -0.2) is 13.8 Å². The molecule has 1 N–H and O–H groups in total. The highest BCUT2D eigenvalue weighted by Crippen LogP contribution is 2.22. The van der Waals surface area contributed by atoms with Gasteiger partial charge in [0.1, 0.15) is 11.6 Å². The maximum atomic E-state index is 13.7. The van der Waals surface area contributed by atoms with E-state index in [2.05, 4.69) is 10.3 Å². The van der Waals surface area contributed by atoms with E-state index in [-0.39, 0.29) is 36.1 Å². The Morgan fingerprint density at radius 2 is 1.93 bits per heavy atom. The van der Waals surface area contributed by atoms with E-state index in [9.17, 15) is 18.4 Å². The van der Waals surface area contributed by atoms with Crippen molar-refractivity contribution in [3.05, 3.63) is 46.5 Å². The van der Waals surface area contributed by atoms with E-state index in [1.807, 2.05) is 12.3 Å². The fourth-order valence-electron chi connectivity index (χ4n) is 3.17. The van der Waals surface area contributed by atoms with Gasteiger partial charge in [-0.05, 0) is 38.3 Å². The molecule has 1 aromatic carbocycles. The fourth-order valence-corrected chi connectivity index (χ4v) is 3.86. The first-order chi connectivity index (χ1) is 12.9. The first kappa shape index (κ1) is 19.4. The van der Waals surface area contributed by atoms with Crippen LogP contribution in [0, 0.1) is 24.5 Å². The Bertz CT molecular complexity index is 812. The maximum Gasteiger partial charge on any atom is 0.229 e. The highest BCUT2D eigenvalue weighted by Gasteiger charge is 2.27. The van der Waals surface area contributed by atoms with Gasteiger partial charge in [-0.1, -0.05) is 6.07 Å². The van der Waals surface area contributed by atoms with Crippen LogP contribution in [0.4, 0.5) is 13.9 Å².